The normalized spacial score (nSPS) is 18.7. The van der Waals surface area contributed by atoms with Gasteiger partial charge in [-0.2, -0.15) is 0 Å². The topological polar surface area (TPSA) is 46.2 Å². The van der Waals surface area contributed by atoms with E-state index in [9.17, 15) is 0 Å². The van der Waals surface area contributed by atoms with E-state index < -0.39 is 18.3 Å². The third-order valence-corrected chi connectivity index (χ3v) is 4.06. The molecule has 0 saturated carbocycles. The van der Waals surface area contributed by atoms with Crippen molar-refractivity contribution in [3.8, 4) is 11.5 Å². The molecule has 119 valence electrons. The van der Waals surface area contributed by atoms with Crippen LogP contribution in [-0.4, -0.2) is 47.7 Å². The highest BCUT2D eigenvalue weighted by Crippen LogP contribution is 2.37. The molecule has 3 radical (unpaired) electrons. The molecule has 1 aliphatic rings. The summed E-state index contributed by atoms with van der Waals surface area (Å²) in [6.45, 7) is 8.23. The van der Waals surface area contributed by atoms with Gasteiger partial charge in [0, 0.05) is 27.1 Å². The minimum atomic E-state index is -0.479. The Morgan fingerprint density at radius 2 is 1.64 bits per heavy atom. The molecule has 22 heavy (non-hydrogen) atoms. The number of rotatable bonds is 5. The highest BCUT2D eigenvalue weighted by molar-refractivity contribution is 6.63. The summed E-state index contributed by atoms with van der Waals surface area (Å²) in [7, 11) is 2.71. The summed E-state index contributed by atoms with van der Waals surface area (Å²) in [5.41, 5.74) is 0.0400. The smallest absolute Gasteiger partial charge is 0.497 e. The molecule has 1 aromatic carbocycles. The molecule has 1 aromatic rings. The van der Waals surface area contributed by atoms with E-state index in [1.165, 1.54) is 0 Å². The lowest BCUT2D eigenvalue weighted by atomic mass is 9.78. The summed E-state index contributed by atoms with van der Waals surface area (Å²) >= 11 is 0. The molecule has 0 amide bonds. The Bertz CT molecular complexity index is 489. The van der Waals surface area contributed by atoms with Crippen molar-refractivity contribution in [3.05, 3.63) is 18.2 Å². The lowest BCUT2D eigenvalue weighted by Gasteiger charge is -2.32. The lowest BCUT2D eigenvalue weighted by Crippen LogP contribution is -2.41. The molecule has 0 bridgehead atoms. The van der Waals surface area contributed by atoms with Crippen LogP contribution in [0.3, 0.4) is 0 Å². The van der Waals surface area contributed by atoms with E-state index >= 15 is 0 Å². The Balaban J connectivity index is 0.00000242. The van der Waals surface area contributed by atoms with E-state index in [-0.39, 0.29) is 15.2 Å². The monoisotopic (exact) mass is 305 g/mol. The molecule has 1 saturated heterocycles. The van der Waals surface area contributed by atoms with Crippen LogP contribution >= 0.6 is 0 Å². The quantitative estimate of drug-likeness (QED) is 0.611. The Morgan fingerprint density at radius 3 is 2.14 bits per heavy atom. The largest absolute Gasteiger partial charge is 0.498 e. The molecule has 0 spiro atoms. The third-order valence-electron chi connectivity index (χ3n) is 4.06. The number of hydrogen-bond acceptors (Lipinski definition) is 5. The van der Waals surface area contributed by atoms with Gasteiger partial charge in [0.2, 0.25) is 0 Å². The first kappa shape index (κ1) is 18.9. The van der Waals surface area contributed by atoms with Gasteiger partial charge in [-0.15, -0.1) is 0 Å². The van der Waals surface area contributed by atoms with Crippen LogP contribution in [-0.2, 0) is 14.0 Å². The first-order valence-electron chi connectivity index (χ1n) is 6.96. The molecule has 5 nitrogen and oxygen atoms in total. The zero-order valence-electron chi connectivity index (χ0n) is 14.1. The average Bonchev–Trinajstić information content (AvgIpc) is 2.64. The average molecular weight is 305 g/mol. The summed E-state index contributed by atoms with van der Waals surface area (Å²) in [5.74, 6) is 1.34. The molecule has 0 aromatic heterocycles. The molecular formula is C15H23B2O5. The molecular weight excluding hydrogens is 282 g/mol. The maximum absolute atomic E-state index is 6.06. The van der Waals surface area contributed by atoms with Gasteiger partial charge in [-0.05, 0) is 33.8 Å². The Hall–Kier alpha value is -1.17. The van der Waals surface area contributed by atoms with E-state index in [0.717, 1.165) is 5.46 Å². The molecule has 0 unspecified atom stereocenters. The van der Waals surface area contributed by atoms with Gasteiger partial charge >= 0.3 is 7.12 Å². The van der Waals surface area contributed by atoms with E-state index in [2.05, 4.69) is 0 Å². The van der Waals surface area contributed by atoms with Crippen molar-refractivity contribution in [3.63, 3.8) is 0 Å². The van der Waals surface area contributed by atoms with Crippen molar-refractivity contribution in [1.29, 1.82) is 0 Å². The number of ether oxygens (including phenoxy) is 3. The van der Waals surface area contributed by atoms with E-state index in [1.54, 1.807) is 20.3 Å². The molecule has 0 N–H and O–H groups in total. The maximum Gasteiger partial charge on any atom is 0.498 e. The third kappa shape index (κ3) is 3.59. The second-order valence-corrected chi connectivity index (χ2v) is 6.04. The van der Waals surface area contributed by atoms with Gasteiger partial charge in [-0.25, -0.2) is 0 Å². The van der Waals surface area contributed by atoms with Gasteiger partial charge < -0.3 is 23.5 Å². The molecule has 7 heteroatoms. The first-order chi connectivity index (χ1) is 9.80. The zero-order valence-corrected chi connectivity index (χ0v) is 14.1. The van der Waals surface area contributed by atoms with E-state index in [4.69, 9.17) is 23.5 Å². The van der Waals surface area contributed by atoms with Crippen molar-refractivity contribution >= 4 is 21.0 Å². The van der Waals surface area contributed by atoms with Crippen LogP contribution in [0.2, 0.25) is 0 Å². The lowest BCUT2D eigenvalue weighted by molar-refractivity contribution is 0.00578. The van der Waals surface area contributed by atoms with Crippen LogP contribution in [0, 0.1) is 0 Å². The van der Waals surface area contributed by atoms with Crippen molar-refractivity contribution in [2.45, 2.75) is 38.9 Å². The summed E-state index contributed by atoms with van der Waals surface area (Å²) in [6.07, 6.45) is 0. The predicted molar refractivity (Wildman–Crippen MR) is 87.0 cm³/mol. The zero-order chi connectivity index (χ0) is 15.7. The molecule has 1 fully saturated rings. The summed E-state index contributed by atoms with van der Waals surface area (Å²) in [6, 6.07) is 5.56. The summed E-state index contributed by atoms with van der Waals surface area (Å²) in [5, 5.41) is 0. The van der Waals surface area contributed by atoms with Gasteiger partial charge in [-0.3, -0.25) is 0 Å². The Morgan fingerprint density at radius 1 is 1.05 bits per heavy atom. The van der Waals surface area contributed by atoms with Gasteiger partial charge in [-0.1, -0.05) is 6.07 Å². The second kappa shape index (κ2) is 6.94. The van der Waals surface area contributed by atoms with Crippen LogP contribution in [0.15, 0.2) is 18.2 Å². The molecule has 1 aliphatic heterocycles. The minimum Gasteiger partial charge on any atom is -0.497 e. The SMILES string of the molecule is COCOc1cc(OC)ccc1B1OC(C)(C)C(C)(C)O1.[B]. The van der Waals surface area contributed by atoms with Crippen molar-refractivity contribution < 1.29 is 23.5 Å². The van der Waals surface area contributed by atoms with Crippen LogP contribution in [0.4, 0.5) is 0 Å². The van der Waals surface area contributed by atoms with Crippen LogP contribution in [0.1, 0.15) is 27.7 Å². The highest BCUT2D eigenvalue weighted by Gasteiger charge is 2.52. The van der Waals surface area contributed by atoms with Gasteiger partial charge in [0.1, 0.15) is 11.5 Å². The van der Waals surface area contributed by atoms with Crippen LogP contribution in [0.25, 0.3) is 0 Å². The Labute approximate surface area is 134 Å². The van der Waals surface area contributed by atoms with Gasteiger partial charge in [0.25, 0.3) is 0 Å². The number of hydrogen-bond donors (Lipinski definition) is 0. The van der Waals surface area contributed by atoms with E-state index in [1.807, 2.05) is 39.8 Å². The van der Waals surface area contributed by atoms with Crippen molar-refractivity contribution in [2.75, 3.05) is 21.0 Å². The predicted octanol–water partition coefficient (Wildman–Crippen LogP) is 1.60. The van der Waals surface area contributed by atoms with E-state index in [0.29, 0.717) is 11.5 Å². The first-order valence-corrected chi connectivity index (χ1v) is 6.96. The fraction of sp³-hybridized carbons (Fsp3) is 0.600. The van der Waals surface area contributed by atoms with Crippen LogP contribution in [0.5, 0.6) is 11.5 Å². The fourth-order valence-corrected chi connectivity index (χ4v) is 2.05. The molecule has 0 atom stereocenters. The van der Waals surface area contributed by atoms with Gasteiger partial charge in [0.05, 0.1) is 18.3 Å². The number of methoxy groups -OCH3 is 2. The molecule has 0 aliphatic carbocycles. The highest BCUT2D eigenvalue weighted by atomic mass is 16.7. The maximum atomic E-state index is 6.06. The number of benzene rings is 1. The molecule has 1 heterocycles. The summed E-state index contributed by atoms with van der Waals surface area (Å²) in [4.78, 5) is 0. The summed E-state index contributed by atoms with van der Waals surface area (Å²) < 4.78 is 27.9. The van der Waals surface area contributed by atoms with Gasteiger partial charge in [0.15, 0.2) is 6.79 Å². The minimum absolute atomic E-state index is 0. The van der Waals surface area contributed by atoms with Crippen LogP contribution < -0.4 is 14.9 Å². The van der Waals surface area contributed by atoms with Crippen molar-refractivity contribution in [1.82, 2.24) is 0 Å². The Kier molecular flexibility index (Phi) is 5.95. The van der Waals surface area contributed by atoms with Crippen molar-refractivity contribution in [2.24, 2.45) is 0 Å². The molecule has 2 rings (SSSR count). The fourth-order valence-electron chi connectivity index (χ4n) is 2.05. The standard InChI is InChI=1S/C15H23BO5.B/c1-14(2)15(3,4)21-16(20-14)12-8-7-11(18-6)9-13(12)19-10-17-5;/h7-9H,10H2,1-6H3;. The second-order valence-electron chi connectivity index (χ2n) is 6.04.